The fourth-order valence-corrected chi connectivity index (χ4v) is 8.55. The van der Waals surface area contributed by atoms with Crippen molar-refractivity contribution >= 4 is 19.7 Å². The van der Waals surface area contributed by atoms with Crippen LogP contribution in [0.1, 0.15) is 252 Å². The van der Waals surface area contributed by atoms with Crippen molar-refractivity contribution in [1.82, 2.24) is 5.32 Å². The number of carbonyl (C=O) groups is 2. The molecule has 9 nitrogen and oxygen atoms in total. The second-order valence-corrected chi connectivity index (χ2v) is 21.2. The molecule has 3 unspecified atom stereocenters. The van der Waals surface area contributed by atoms with Crippen LogP contribution in [0.5, 0.6) is 0 Å². The molecule has 0 saturated heterocycles. The van der Waals surface area contributed by atoms with Crippen LogP contribution in [-0.2, 0) is 27.9 Å². The van der Waals surface area contributed by atoms with Crippen molar-refractivity contribution in [3.05, 3.63) is 36.5 Å². The predicted molar refractivity (Wildman–Crippen MR) is 277 cm³/mol. The number of amides is 1. The Morgan fingerprint density at radius 3 is 1.37 bits per heavy atom. The average molecular weight is 938 g/mol. The molecule has 0 aromatic rings. The minimum absolute atomic E-state index is 0.0369. The Morgan fingerprint density at radius 2 is 0.923 bits per heavy atom. The van der Waals surface area contributed by atoms with Gasteiger partial charge in [-0.1, -0.05) is 218 Å². The number of hydrogen-bond donors (Lipinski definition) is 2. The smallest absolute Gasteiger partial charge is 0.456 e. The van der Waals surface area contributed by atoms with Crippen LogP contribution in [0.15, 0.2) is 36.5 Å². The molecule has 0 aromatic carbocycles. The van der Waals surface area contributed by atoms with E-state index in [-0.39, 0.29) is 31.5 Å². The number of likely N-dealkylation sites (N-methyl/N-ethyl adjacent to an activating group) is 1. The van der Waals surface area contributed by atoms with E-state index in [0.717, 1.165) is 64.2 Å². The van der Waals surface area contributed by atoms with Crippen molar-refractivity contribution in [2.75, 3.05) is 40.9 Å². The Bertz CT molecular complexity index is 1220. The van der Waals surface area contributed by atoms with E-state index < -0.39 is 20.0 Å². The quantitative estimate of drug-likeness (QED) is 0.0156. The fourth-order valence-electron chi connectivity index (χ4n) is 7.81. The first-order valence-corrected chi connectivity index (χ1v) is 28.8. The lowest BCUT2D eigenvalue weighted by Gasteiger charge is -2.27. The Balaban J connectivity index is 5.42. The standard InChI is InChI=1S/C55H105N2O7P/c1-7-10-13-16-19-22-25-27-28-29-30-33-35-38-41-44-47-54(58)56-52(51-63-65(60,61)62-50-49-57(4,5)6)53(46-43-40-37-34-32-26-23-20-17-14-11-8-2)64-55(59)48-45-42-39-36-31-24-21-18-15-12-9-3/h28-30,33,43,46,52-53H,7-27,31-32,34-42,44-45,47-51H2,1-6H3,(H-,56,58,60,61)/p+1/b29-28+,33-30+,46-43-. The Hall–Kier alpha value is -1.77. The summed E-state index contributed by atoms with van der Waals surface area (Å²) >= 11 is 0. The normalized spacial score (nSPS) is 14.1. The molecule has 0 radical (unpaired) electrons. The number of esters is 1. The predicted octanol–water partition coefficient (Wildman–Crippen LogP) is 16.0. The third kappa shape index (κ3) is 47.1. The molecule has 3 atom stereocenters. The van der Waals surface area contributed by atoms with Gasteiger partial charge < -0.3 is 19.4 Å². The maximum Gasteiger partial charge on any atom is 0.472 e. The van der Waals surface area contributed by atoms with Crippen molar-refractivity contribution in [2.24, 2.45) is 0 Å². The monoisotopic (exact) mass is 938 g/mol. The van der Waals surface area contributed by atoms with Crippen molar-refractivity contribution in [1.29, 1.82) is 0 Å². The molecule has 2 N–H and O–H groups in total. The molecule has 1 amide bonds. The molecule has 0 aliphatic heterocycles. The summed E-state index contributed by atoms with van der Waals surface area (Å²) in [7, 11) is 1.48. The minimum Gasteiger partial charge on any atom is -0.456 e. The van der Waals surface area contributed by atoms with E-state index in [1.165, 1.54) is 148 Å². The van der Waals surface area contributed by atoms with Gasteiger partial charge >= 0.3 is 13.8 Å². The van der Waals surface area contributed by atoms with E-state index in [1.54, 1.807) is 0 Å². The number of nitrogens with zero attached hydrogens (tertiary/aromatic N) is 1. The van der Waals surface area contributed by atoms with E-state index in [0.29, 0.717) is 23.9 Å². The zero-order valence-corrected chi connectivity index (χ0v) is 44.4. The lowest BCUT2D eigenvalue weighted by molar-refractivity contribution is -0.870. The maximum absolute atomic E-state index is 13.4. The molecule has 0 rings (SSSR count). The zero-order chi connectivity index (χ0) is 48.0. The number of nitrogens with one attached hydrogen (secondary N) is 1. The molecule has 0 fully saturated rings. The Kier molecular flexibility index (Phi) is 44.7. The highest BCUT2D eigenvalue weighted by molar-refractivity contribution is 7.47. The third-order valence-electron chi connectivity index (χ3n) is 12.1. The first-order chi connectivity index (χ1) is 31.4. The van der Waals surface area contributed by atoms with Gasteiger partial charge in [0, 0.05) is 12.8 Å². The van der Waals surface area contributed by atoms with Gasteiger partial charge in [-0.05, 0) is 57.4 Å². The van der Waals surface area contributed by atoms with Crippen LogP contribution in [0.3, 0.4) is 0 Å². The number of phosphoric acid groups is 1. The van der Waals surface area contributed by atoms with E-state index in [9.17, 15) is 19.0 Å². The van der Waals surface area contributed by atoms with Crippen molar-refractivity contribution in [3.63, 3.8) is 0 Å². The van der Waals surface area contributed by atoms with E-state index in [2.05, 4.69) is 50.4 Å². The van der Waals surface area contributed by atoms with Gasteiger partial charge in [0.2, 0.25) is 5.91 Å². The molecule has 0 aliphatic carbocycles. The van der Waals surface area contributed by atoms with Gasteiger partial charge in [0.25, 0.3) is 0 Å². The molecule has 0 bridgehead atoms. The number of allylic oxidation sites excluding steroid dienone is 5. The molecule has 65 heavy (non-hydrogen) atoms. The van der Waals surface area contributed by atoms with Crippen LogP contribution in [-0.4, -0.2) is 74.3 Å². The molecular weight excluding hydrogens is 832 g/mol. The van der Waals surface area contributed by atoms with Gasteiger partial charge in [-0.15, -0.1) is 0 Å². The lowest BCUT2D eigenvalue weighted by atomic mass is 10.0. The molecular formula is C55H106N2O7P+. The van der Waals surface area contributed by atoms with Gasteiger partial charge in [0.15, 0.2) is 0 Å². The summed E-state index contributed by atoms with van der Waals surface area (Å²) in [6.45, 7) is 6.98. The largest absolute Gasteiger partial charge is 0.472 e. The number of ether oxygens (including phenoxy) is 1. The van der Waals surface area contributed by atoms with Gasteiger partial charge in [-0.3, -0.25) is 18.6 Å². The SMILES string of the molecule is CCCCCCCCC/C=C/C=C/CCCCCC(=O)NC(COP(=O)(O)OCC[N+](C)(C)C)C(/C=C\CCCCCCCCCCCC)OC(=O)CCCCCCCCCCCCC. The third-order valence-corrected chi connectivity index (χ3v) is 13.1. The highest BCUT2D eigenvalue weighted by Gasteiger charge is 2.30. The second-order valence-electron chi connectivity index (χ2n) is 19.8. The topological polar surface area (TPSA) is 111 Å². The van der Waals surface area contributed by atoms with Gasteiger partial charge in [0.1, 0.15) is 19.3 Å². The maximum atomic E-state index is 13.4. The lowest BCUT2D eigenvalue weighted by Crippen LogP contribution is -2.47. The molecule has 0 aromatic heterocycles. The molecule has 0 heterocycles. The average Bonchev–Trinajstić information content (AvgIpc) is 3.26. The number of quaternary nitrogens is 1. The summed E-state index contributed by atoms with van der Waals surface area (Å²) in [4.78, 5) is 37.4. The zero-order valence-electron chi connectivity index (χ0n) is 43.5. The number of hydrogen-bond acceptors (Lipinski definition) is 6. The molecule has 0 saturated carbocycles. The minimum atomic E-state index is -4.44. The van der Waals surface area contributed by atoms with E-state index in [1.807, 2.05) is 33.3 Å². The summed E-state index contributed by atoms with van der Waals surface area (Å²) in [6, 6.07) is -0.856. The van der Waals surface area contributed by atoms with Crippen LogP contribution >= 0.6 is 7.82 Å². The summed E-state index contributed by atoms with van der Waals surface area (Å²) in [5, 5.41) is 3.03. The number of unbranched alkanes of at least 4 members (excludes halogenated alkanes) is 30. The highest BCUT2D eigenvalue weighted by Crippen LogP contribution is 2.43. The van der Waals surface area contributed by atoms with Gasteiger partial charge in [-0.2, -0.15) is 0 Å². The summed E-state index contributed by atoms with van der Waals surface area (Å²) < 4.78 is 30.5. The first-order valence-electron chi connectivity index (χ1n) is 27.3. The summed E-state index contributed by atoms with van der Waals surface area (Å²) in [5.74, 6) is -0.531. The van der Waals surface area contributed by atoms with Crippen LogP contribution in [0, 0.1) is 0 Å². The number of carbonyl (C=O) groups excluding carboxylic acids is 2. The van der Waals surface area contributed by atoms with Gasteiger partial charge in [-0.25, -0.2) is 4.57 Å². The molecule has 10 heteroatoms. The highest BCUT2D eigenvalue weighted by atomic mass is 31.2. The van der Waals surface area contributed by atoms with E-state index >= 15 is 0 Å². The second kappa shape index (κ2) is 46.0. The van der Waals surface area contributed by atoms with E-state index in [4.69, 9.17) is 13.8 Å². The van der Waals surface area contributed by atoms with Crippen LogP contribution in [0.25, 0.3) is 0 Å². The number of rotatable bonds is 49. The molecule has 0 aliphatic rings. The van der Waals surface area contributed by atoms with Gasteiger partial charge in [0.05, 0.1) is 33.8 Å². The Morgan fingerprint density at radius 1 is 0.538 bits per heavy atom. The fraction of sp³-hybridized carbons (Fsp3) is 0.855. The van der Waals surface area contributed by atoms with Crippen molar-refractivity contribution in [2.45, 2.75) is 264 Å². The molecule has 382 valence electrons. The first kappa shape index (κ1) is 63.2. The number of phosphoric ester groups is 1. The summed E-state index contributed by atoms with van der Waals surface area (Å²) in [6.07, 6.45) is 52.8. The van der Waals surface area contributed by atoms with Crippen LogP contribution in [0.2, 0.25) is 0 Å². The van der Waals surface area contributed by atoms with Crippen LogP contribution in [0.4, 0.5) is 0 Å². The van der Waals surface area contributed by atoms with Crippen LogP contribution < -0.4 is 5.32 Å². The Labute approximate surface area is 402 Å². The van der Waals surface area contributed by atoms with Crippen molar-refractivity contribution < 1.29 is 37.3 Å². The van der Waals surface area contributed by atoms with Crippen molar-refractivity contribution in [3.8, 4) is 0 Å². The molecule has 0 spiro atoms. The summed E-state index contributed by atoms with van der Waals surface area (Å²) in [5.41, 5.74) is 0.